The van der Waals surface area contributed by atoms with Gasteiger partial charge >= 0.3 is 18.0 Å². The molecule has 0 aromatic heterocycles. The van der Waals surface area contributed by atoms with Crippen LogP contribution in [0.4, 0.5) is 15.3 Å². The number of carbonyl (C=O) groups is 8. The molecule has 48 heavy (non-hydrogen) atoms. The van der Waals surface area contributed by atoms with E-state index in [0.29, 0.717) is 17.7 Å². The van der Waals surface area contributed by atoms with Crippen molar-refractivity contribution >= 4 is 53.1 Å². The topological polar surface area (TPSA) is 249 Å². The van der Waals surface area contributed by atoms with Crippen molar-refractivity contribution in [3.05, 3.63) is 42.0 Å². The molecule has 0 saturated carbocycles. The second kappa shape index (κ2) is 18.8. The fourth-order valence-electron chi connectivity index (χ4n) is 4.53. The Bertz CT molecular complexity index is 1370. The molecule has 0 saturated heterocycles. The number of esters is 1. The van der Waals surface area contributed by atoms with Gasteiger partial charge in [0, 0.05) is 56.2 Å². The van der Waals surface area contributed by atoms with Gasteiger partial charge in [0.15, 0.2) is 5.78 Å². The number of imide groups is 1. The molecule has 0 aliphatic carbocycles. The smallest absolute Gasteiger partial charge is 0.312 e. The highest BCUT2D eigenvalue weighted by atomic mass is 16.5. The van der Waals surface area contributed by atoms with Gasteiger partial charge in [0.2, 0.25) is 11.8 Å². The average molecular weight is 672 g/mol. The number of ketones is 1. The van der Waals surface area contributed by atoms with Gasteiger partial charge in [0.1, 0.15) is 6.61 Å². The van der Waals surface area contributed by atoms with E-state index in [1.165, 1.54) is 0 Å². The monoisotopic (exact) mass is 671 g/mol. The standard InChI is InChI=1S/C32H45N7O9/c1-32(2,3)29(45)48-19-20-8-10-22(11-9-20)37-28(44)21(6-4-15-35-30(33)46)18-24(40)23(7-5-16-36-31(34)47)38-25(41)14-17-39-26(42)12-13-27(39)43/h8-13,21,23H,4-7,14-19H2,1-3H3,(H,37,44)(H,38,41)(H3,33,35,46)(H3,34,36,47)/t21-,23+/m1/s1. The zero-order chi connectivity index (χ0) is 35.9. The molecule has 262 valence electrons. The molecule has 16 nitrogen and oxygen atoms in total. The molecule has 0 fully saturated rings. The molecule has 0 radical (unpaired) electrons. The SMILES string of the molecule is CC(C)(C)C(=O)OCc1ccc(NC(=O)[C@H](CCCNC(N)=O)CC(=O)[C@H](CCCNC(N)=O)NC(=O)CCN2C(=O)C=CC2=O)cc1. The van der Waals surface area contributed by atoms with Gasteiger partial charge in [0.05, 0.1) is 11.5 Å². The van der Waals surface area contributed by atoms with Crippen molar-refractivity contribution in [2.45, 2.75) is 71.9 Å². The lowest BCUT2D eigenvalue weighted by Crippen LogP contribution is -2.44. The number of rotatable bonds is 19. The highest BCUT2D eigenvalue weighted by molar-refractivity contribution is 6.13. The molecule has 8 amide bonds. The van der Waals surface area contributed by atoms with Crippen molar-refractivity contribution in [2.75, 3.05) is 25.0 Å². The number of nitrogens with two attached hydrogens (primary N) is 2. The van der Waals surface area contributed by atoms with Gasteiger partial charge in [-0.05, 0) is 64.2 Å². The maximum Gasteiger partial charge on any atom is 0.312 e. The molecule has 2 atom stereocenters. The largest absolute Gasteiger partial charge is 0.460 e. The summed E-state index contributed by atoms with van der Waals surface area (Å²) >= 11 is 0. The summed E-state index contributed by atoms with van der Waals surface area (Å²) in [5.74, 6) is -3.85. The first-order valence-electron chi connectivity index (χ1n) is 15.6. The molecule has 0 unspecified atom stereocenters. The van der Waals surface area contributed by atoms with Crippen molar-refractivity contribution in [3.63, 3.8) is 0 Å². The zero-order valence-corrected chi connectivity index (χ0v) is 27.5. The van der Waals surface area contributed by atoms with Crippen molar-refractivity contribution in [1.82, 2.24) is 20.9 Å². The van der Waals surface area contributed by atoms with E-state index in [1.54, 1.807) is 45.0 Å². The molecular weight excluding hydrogens is 626 g/mol. The predicted octanol–water partition coefficient (Wildman–Crippen LogP) is 0.987. The first-order valence-corrected chi connectivity index (χ1v) is 15.6. The van der Waals surface area contributed by atoms with Crippen LogP contribution >= 0.6 is 0 Å². The number of urea groups is 2. The number of hydrogen-bond donors (Lipinski definition) is 6. The van der Waals surface area contributed by atoms with Crippen LogP contribution in [0.1, 0.15) is 64.9 Å². The first-order chi connectivity index (χ1) is 22.6. The second-order valence-corrected chi connectivity index (χ2v) is 12.3. The van der Waals surface area contributed by atoms with Gasteiger partial charge in [-0.3, -0.25) is 33.7 Å². The Hall–Kier alpha value is -5.28. The molecule has 16 heteroatoms. The molecule has 8 N–H and O–H groups in total. The fraction of sp³-hybridized carbons (Fsp3) is 0.500. The van der Waals surface area contributed by atoms with E-state index in [1.807, 2.05) is 0 Å². The fourth-order valence-corrected chi connectivity index (χ4v) is 4.53. The number of amides is 8. The molecular formula is C32H45N7O9. The van der Waals surface area contributed by atoms with Crippen LogP contribution in [0.25, 0.3) is 0 Å². The van der Waals surface area contributed by atoms with Gasteiger partial charge in [0.25, 0.3) is 11.8 Å². The molecule has 1 aromatic rings. The Balaban J connectivity index is 2.11. The summed E-state index contributed by atoms with van der Waals surface area (Å²) in [6.07, 6.45) is 2.55. The summed E-state index contributed by atoms with van der Waals surface area (Å²) in [5.41, 5.74) is 10.7. The molecule has 0 bridgehead atoms. The van der Waals surface area contributed by atoms with Crippen LogP contribution in [0.3, 0.4) is 0 Å². The maximum absolute atomic E-state index is 13.6. The number of Topliss-reactive ketones (excluding diaryl/α,β-unsaturated/α-hetero) is 1. The highest BCUT2D eigenvalue weighted by Gasteiger charge is 2.29. The molecule has 1 aliphatic heterocycles. The molecule has 0 spiro atoms. The van der Waals surface area contributed by atoms with Gasteiger partial charge in [-0.1, -0.05) is 12.1 Å². The number of anilines is 1. The van der Waals surface area contributed by atoms with Gasteiger partial charge in [-0.2, -0.15) is 0 Å². The molecule has 2 rings (SSSR count). The van der Waals surface area contributed by atoms with Crippen molar-refractivity contribution in [1.29, 1.82) is 0 Å². The quantitative estimate of drug-likeness (QED) is 0.0696. The molecule has 1 aliphatic rings. The van der Waals surface area contributed by atoms with E-state index < -0.39 is 58.8 Å². The Morgan fingerprint density at radius 3 is 1.96 bits per heavy atom. The van der Waals surface area contributed by atoms with Crippen LogP contribution in [0.15, 0.2) is 36.4 Å². The van der Waals surface area contributed by atoms with Crippen molar-refractivity contribution in [2.24, 2.45) is 22.8 Å². The van der Waals surface area contributed by atoms with Crippen molar-refractivity contribution in [3.8, 4) is 0 Å². The lowest BCUT2D eigenvalue weighted by atomic mass is 9.91. The Kier molecular flexibility index (Phi) is 15.2. The number of nitrogens with zero attached hydrogens (tertiary/aromatic N) is 1. The predicted molar refractivity (Wildman–Crippen MR) is 173 cm³/mol. The summed E-state index contributed by atoms with van der Waals surface area (Å²) in [5, 5.41) is 10.3. The Morgan fingerprint density at radius 1 is 0.854 bits per heavy atom. The zero-order valence-electron chi connectivity index (χ0n) is 27.5. The van der Waals surface area contributed by atoms with E-state index in [2.05, 4.69) is 21.3 Å². The Labute approximate surface area is 278 Å². The van der Waals surface area contributed by atoms with Crippen LogP contribution in [0, 0.1) is 11.3 Å². The number of benzene rings is 1. The number of nitrogens with one attached hydrogen (secondary N) is 4. The van der Waals surface area contributed by atoms with Crippen LogP contribution in [0.2, 0.25) is 0 Å². The van der Waals surface area contributed by atoms with E-state index >= 15 is 0 Å². The van der Waals surface area contributed by atoms with E-state index in [-0.39, 0.29) is 64.3 Å². The van der Waals surface area contributed by atoms with Gasteiger partial charge in [-0.15, -0.1) is 0 Å². The van der Waals surface area contributed by atoms with E-state index in [9.17, 15) is 38.4 Å². The third-order valence-electron chi connectivity index (χ3n) is 7.21. The van der Waals surface area contributed by atoms with Crippen molar-refractivity contribution < 1.29 is 43.1 Å². The minimum Gasteiger partial charge on any atom is -0.460 e. The van der Waals surface area contributed by atoms with Crippen LogP contribution in [0.5, 0.6) is 0 Å². The van der Waals surface area contributed by atoms with Crippen LogP contribution < -0.4 is 32.7 Å². The highest BCUT2D eigenvalue weighted by Crippen LogP contribution is 2.20. The van der Waals surface area contributed by atoms with Gasteiger partial charge < -0.3 is 37.5 Å². The van der Waals surface area contributed by atoms with Crippen LogP contribution in [-0.2, 0) is 40.1 Å². The summed E-state index contributed by atoms with van der Waals surface area (Å²) < 4.78 is 5.32. The first kappa shape index (κ1) is 38.9. The van der Waals surface area contributed by atoms with E-state index in [0.717, 1.165) is 17.1 Å². The average Bonchev–Trinajstić information content (AvgIpc) is 3.33. The minimum absolute atomic E-state index is 0.0535. The molecule has 1 aromatic carbocycles. The number of primary amides is 2. The number of hydrogen-bond acceptors (Lipinski definition) is 9. The third-order valence-corrected chi connectivity index (χ3v) is 7.21. The maximum atomic E-state index is 13.6. The van der Waals surface area contributed by atoms with Crippen LogP contribution in [-0.4, -0.2) is 78.0 Å². The number of ether oxygens (including phenoxy) is 1. The minimum atomic E-state index is -1.05. The third kappa shape index (κ3) is 14.0. The molecule has 1 heterocycles. The summed E-state index contributed by atoms with van der Waals surface area (Å²) in [7, 11) is 0. The summed E-state index contributed by atoms with van der Waals surface area (Å²) in [6.45, 7) is 5.40. The lowest BCUT2D eigenvalue weighted by Gasteiger charge is -2.22. The normalized spacial score (nSPS) is 13.8. The summed E-state index contributed by atoms with van der Waals surface area (Å²) in [4.78, 5) is 98.6. The second-order valence-electron chi connectivity index (χ2n) is 12.3. The van der Waals surface area contributed by atoms with Gasteiger partial charge in [-0.25, -0.2) is 9.59 Å². The number of carbonyl (C=O) groups excluding carboxylic acids is 8. The van der Waals surface area contributed by atoms with E-state index in [4.69, 9.17) is 16.2 Å². The lowest BCUT2D eigenvalue weighted by molar-refractivity contribution is -0.154. The Morgan fingerprint density at radius 2 is 1.42 bits per heavy atom. The summed E-state index contributed by atoms with van der Waals surface area (Å²) in [6, 6.07) is 4.10.